The van der Waals surface area contributed by atoms with Crippen molar-refractivity contribution in [1.82, 2.24) is 0 Å². The van der Waals surface area contributed by atoms with E-state index < -0.39 is 6.10 Å². The Balaban J connectivity index is 2.66. The van der Waals surface area contributed by atoms with Gasteiger partial charge in [0.05, 0.1) is 10.4 Å². The Kier molecular flexibility index (Phi) is 5.61. The summed E-state index contributed by atoms with van der Waals surface area (Å²) in [6.07, 6.45) is 1.20. The summed E-state index contributed by atoms with van der Waals surface area (Å²) in [7, 11) is 0. The molecule has 0 aliphatic rings. The third-order valence-corrected chi connectivity index (χ3v) is 3.49. The van der Waals surface area contributed by atoms with E-state index in [0.29, 0.717) is 10.9 Å². The number of ether oxygens (including phenoxy) is 1. The van der Waals surface area contributed by atoms with Gasteiger partial charge in [0.15, 0.2) is 0 Å². The Morgan fingerprint density at radius 1 is 1.47 bits per heavy atom. The minimum atomic E-state index is -0.553. The van der Waals surface area contributed by atoms with Gasteiger partial charge in [0.25, 0.3) is 0 Å². The second-order valence-electron chi connectivity index (χ2n) is 3.37. The molecule has 0 bridgehead atoms. The highest BCUT2D eigenvalue weighted by Crippen LogP contribution is 2.31. The summed E-state index contributed by atoms with van der Waals surface area (Å²) >= 11 is 7.24. The molecule has 0 amide bonds. The van der Waals surface area contributed by atoms with E-state index in [4.69, 9.17) is 16.3 Å². The molecule has 4 heteroatoms. The summed E-state index contributed by atoms with van der Waals surface area (Å²) in [5, 5.41) is 10.1. The van der Waals surface area contributed by atoms with Gasteiger partial charge in [0.2, 0.25) is 0 Å². The van der Waals surface area contributed by atoms with E-state index in [0.717, 1.165) is 17.7 Å². The highest BCUT2D eigenvalue weighted by atomic mass is 35.5. The second kappa shape index (κ2) is 6.48. The molecule has 2 unspecified atom stereocenters. The minimum Gasteiger partial charge on any atom is -0.385 e. The molecule has 2 nitrogen and oxygen atoms in total. The maximum absolute atomic E-state index is 10.1. The first kappa shape index (κ1) is 13.0. The molecule has 0 aliphatic carbocycles. The molecule has 1 aromatic rings. The normalized spacial score (nSPS) is 15.2. The van der Waals surface area contributed by atoms with Crippen molar-refractivity contribution < 1.29 is 9.84 Å². The molecule has 0 aliphatic heterocycles. The van der Waals surface area contributed by atoms with Crippen molar-refractivity contribution in [3.05, 3.63) is 21.3 Å². The van der Waals surface area contributed by atoms with E-state index in [1.54, 1.807) is 6.07 Å². The van der Waals surface area contributed by atoms with Crippen molar-refractivity contribution in [2.75, 3.05) is 6.61 Å². The topological polar surface area (TPSA) is 29.5 Å². The molecule has 0 radical (unpaired) electrons. The molecule has 86 valence electrons. The third kappa shape index (κ3) is 3.76. The van der Waals surface area contributed by atoms with Crippen LogP contribution in [0.4, 0.5) is 0 Å². The molecule has 0 saturated heterocycles. The highest BCUT2D eigenvalue weighted by Gasteiger charge is 2.21. The number of halogens is 1. The van der Waals surface area contributed by atoms with Gasteiger partial charge < -0.3 is 9.84 Å². The van der Waals surface area contributed by atoms with Gasteiger partial charge in [-0.05, 0) is 25.5 Å². The standard InChI is InChI=1S/C11H17ClO2S/c1-3-5-8(14-4-2)11(13)9-6-7-10(12)15-9/h6-8,11,13H,3-5H2,1-2H3. The monoisotopic (exact) mass is 248 g/mol. The average molecular weight is 249 g/mol. The van der Waals surface area contributed by atoms with Crippen LogP contribution in [0.25, 0.3) is 0 Å². The van der Waals surface area contributed by atoms with E-state index >= 15 is 0 Å². The molecule has 0 spiro atoms. The average Bonchev–Trinajstić information content (AvgIpc) is 2.63. The Morgan fingerprint density at radius 2 is 2.20 bits per heavy atom. The van der Waals surface area contributed by atoms with Gasteiger partial charge in [-0.3, -0.25) is 0 Å². The molecule has 1 aromatic heterocycles. The fourth-order valence-electron chi connectivity index (χ4n) is 1.50. The van der Waals surface area contributed by atoms with Crippen LogP contribution in [0.15, 0.2) is 12.1 Å². The number of hydrogen-bond acceptors (Lipinski definition) is 3. The molecule has 0 fully saturated rings. The van der Waals surface area contributed by atoms with Crippen LogP contribution < -0.4 is 0 Å². The molecule has 1 heterocycles. The van der Waals surface area contributed by atoms with Crippen molar-refractivity contribution in [1.29, 1.82) is 0 Å². The van der Waals surface area contributed by atoms with E-state index in [1.807, 2.05) is 13.0 Å². The van der Waals surface area contributed by atoms with Gasteiger partial charge in [0, 0.05) is 11.5 Å². The van der Waals surface area contributed by atoms with Crippen molar-refractivity contribution in [3.8, 4) is 0 Å². The maximum Gasteiger partial charge on any atom is 0.114 e. The van der Waals surface area contributed by atoms with Crippen LogP contribution in [0.3, 0.4) is 0 Å². The molecule has 1 rings (SSSR count). The summed E-state index contributed by atoms with van der Waals surface area (Å²) in [5.41, 5.74) is 0. The van der Waals surface area contributed by atoms with E-state index in [2.05, 4.69) is 6.92 Å². The van der Waals surface area contributed by atoms with Crippen LogP contribution in [0.5, 0.6) is 0 Å². The lowest BCUT2D eigenvalue weighted by Gasteiger charge is -2.21. The minimum absolute atomic E-state index is 0.116. The van der Waals surface area contributed by atoms with Crippen molar-refractivity contribution in [2.45, 2.75) is 38.9 Å². The molecular formula is C11H17ClO2S. The molecular weight excluding hydrogens is 232 g/mol. The molecule has 1 N–H and O–H groups in total. The number of thiophene rings is 1. The lowest BCUT2D eigenvalue weighted by atomic mass is 10.1. The number of aliphatic hydroxyl groups excluding tert-OH is 1. The van der Waals surface area contributed by atoms with Crippen LogP contribution in [0.2, 0.25) is 4.34 Å². The van der Waals surface area contributed by atoms with Crippen LogP contribution in [-0.4, -0.2) is 17.8 Å². The lowest BCUT2D eigenvalue weighted by Crippen LogP contribution is -2.21. The Hall–Kier alpha value is -0.0900. The number of aliphatic hydroxyl groups is 1. The summed E-state index contributed by atoms with van der Waals surface area (Å²) in [4.78, 5) is 0.881. The summed E-state index contributed by atoms with van der Waals surface area (Å²) in [5.74, 6) is 0. The van der Waals surface area contributed by atoms with E-state index in [1.165, 1.54) is 11.3 Å². The zero-order chi connectivity index (χ0) is 11.3. The first-order valence-electron chi connectivity index (χ1n) is 5.23. The third-order valence-electron chi connectivity index (χ3n) is 2.19. The molecule has 15 heavy (non-hydrogen) atoms. The molecule has 0 saturated carbocycles. The van der Waals surface area contributed by atoms with Crippen LogP contribution in [-0.2, 0) is 4.74 Å². The van der Waals surface area contributed by atoms with Crippen LogP contribution >= 0.6 is 22.9 Å². The zero-order valence-corrected chi connectivity index (χ0v) is 10.6. The van der Waals surface area contributed by atoms with Crippen molar-refractivity contribution >= 4 is 22.9 Å². The zero-order valence-electron chi connectivity index (χ0n) is 9.07. The Morgan fingerprint density at radius 3 is 2.67 bits per heavy atom. The SMILES string of the molecule is CCCC(OCC)C(O)c1ccc(Cl)s1. The summed E-state index contributed by atoms with van der Waals surface area (Å²) in [6.45, 7) is 4.65. The predicted molar refractivity (Wildman–Crippen MR) is 64.6 cm³/mol. The van der Waals surface area contributed by atoms with Gasteiger partial charge >= 0.3 is 0 Å². The molecule has 2 atom stereocenters. The van der Waals surface area contributed by atoms with Gasteiger partial charge in [0.1, 0.15) is 6.10 Å². The summed E-state index contributed by atoms with van der Waals surface area (Å²) in [6, 6.07) is 3.67. The first-order valence-corrected chi connectivity index (χ1v) is 6.43. The first-order chi connectivity index (χ1) is 7.19. The quantitative estimate of drug-likeness (QED) is 0.833. The van der Waals surface area contributed by atoms with Gasteiger partial charge in [-0.25, -0.2) is 0 Å². The van der Waals surface area contributed by atoms with Crippen LogP contribution in [0, 0.1) is 0 Å². The fourth-order valence-corrected chi connectivity index (χ4v) is 2.60. The smallest absolute Gasteiger partial charge is 0.114 e. The highest BCUT2D eigenvalue weighted by molar-refractivity contribution is 7.16. The van der Waals surface area contributed by atoms with Crippen molar-refractivity contribution in [2.24, 2.45) is 0 Å². The maximum atomic E-state index is 10.1. The lowest BCUT2D eigenvalue weighted by molar-refractivity contribution is -0.0369. The van der Waals surface area contributed by atoms with E-state index in [9.17, 15) is 5.11 Å². The predicted octanol–water partition coefficient (Wildman–Crippen LogP) is 3.64. The van der Waals surface area contributed by atoms with Crippen molar-refractivity contribution in [3.63, 3.8) is 0 Å². The largest absolute Gasteiger partial charge is 0.385 e. The Bertz CT molecular complexity index is 282. The van der Waals surface area contributed by atoms with Gasteiger partial charge in [-0.2, -0.15) is 0 Å². The molecule has 0 aromatic carbocycles. The summed E-state index contributed by atoms with van der Waals surface area (Å²) < 4.78 is 6.23. The van der Waals surface area contributed by atoms with Gasteiger partial charge in [-0.1, -0.05) is 24.9 Å². The second-order valence-corrected chi connectivity index (χ2v) is 5.12. The Labute approximate surface area is 99.8 Å². The van der Waals surface area contributed by atoms with Crippen LogP contribution in [0.1, 0.15) is 37.7 Å². The van der Waals surface area contributed by atoms with E-state index in [-0.39, 0.29) is 6.10 Å². The number of rotatable bonds is 6. The number of hydrogen-bond donors (Lipinski definition) is 1. The van der Waals surface area contributed by atoms with Gasteiger partial charge in [-0.15, -0.1) is 11.3 Å². The fraction of sp³-hybridized carbons (Fsp3) is 0.636.